The standard InChI is InChI=1S/C13H16Cl2N4S/c14-9-7-11-12(8-10(9)15)19(13(16)17-11)2-1-18-3-5-20-6-4-18/h7-8H,1-6H2,(H2,16,17). The van der Waals surface area contributed by atoms with Gasteiger partial charge in [-0.2, -0.15) is 11.8 Å². The largest absolute Gasteiger partial charge is 0.369 e. The summed E-state index contributed by atoms with van der Waals surface area (Å²) in [6, 6.07) is 3.61. The summed E-state index contributed by atoms with van der Waals surface area (Å²) in [6.45, 7) is 4.09. The van der Waals surface area contributed by atoms with Gasteiger partial charge in [0.15, 0.2) is 0 Å². The summed E-state index contributed by atoms with van der Waals surface area (Å²) >= 11 is 14.1. The molecule has 3 rings (SSSR count). The number of benzene rings is 1. The number of thioether (sulfide) groups is 1. The summed E-state index contributed by atoms with van der Waals surface area (Å²) in [5, 5.41) is 1.05. The topological polar surface area (TPSA) is 47.1 Å². The van der Waals surface area contributed by atoms with Gasteiger partial charge in [0.05, 0.1) is 21.1 Å². The van der Waals surface area contributed by atoms with Crippen molar-refractivity contribution in [2.45, 2.75) is 6.54 Å². The van der Waals surface area contributed by atoms with Crippen LogP contribution in [0.4, 0.5) is 5.95 Å². The lowest BCUT2D eigenvalue weighted by Crippen LogP contribution is -2.35. The van der Waals surface area contributed by atoms with Crippen LogP contribution in [0, 0.1) is 0 Å². The average molecular weight is 331 g/mol. The third-order valence-electron chi connectivity index (χ3n) is 3.56. The van der Waals surface area contributed by atoms with E-state index in [0.29, 0.717) is 16.0 Å². The van der Waals surface area contributed by atoms with Crippen LogP contribution in [0.25, 0.3) is 11.0 Å². The number of rotatable bonds is 3. The van der Waals surface area contributed by atoms with Crippen LogP contribution in [0.3, 0.4) is 0 Å². The maximum atomic E-state index is 6.09. The normalized spacial score (nSPS) is 16.9. The zero-order valence-electron chi connectivity index (χ0n) is 11.0. The van der Waals surface area contributed by atoms with Crippen molar-refractivity contribution in [3.63, 3.8) is 0 Å². The summed E-state index contributed by atoms with van der Waals surface area (Å²) in [5.74, 6) is 2.94. The van der Waals surface area contributed by atoms with Crippen LogP contribution in [0.1, 0.15) is 0 Å². The van der Waals surface area contributed by atoms with E-state index >= 15 is 0 Å². The van der Waals surface area contributed by atoms with Gasteiger partial charge >= 0.3 is 0 Å². The van der Waals surface area contributed by atoms with Crippen molar-refractivity contribution >= 4 is 51.9 Å². The van der Waals surface area contributed by atoms with E-state index < -0.39 is 0 Å². The Morgan fingerprint density at radius 1 is 1.15 bits per heavy atom. The Hall–Kier alpha value is -0.620. The lowest BCUT2D eigenvalue weighted by Gasteiger charge is -2.26. The summed E-state index contributed by atoms with van der Waals surface area (Å²) in [7, 11) is 0. The van der Waals surface area contributed by atoms with E-state index in [0.717, 1.165) is 37.2 Å². The van der Waals surface area contributed by atoms with E-state index in [-0.39, 0.29) is 0 Å². The van der Waals surface area contributed by atoms with E-state index in [1.54, 1.807) is 6.07 Å². The van der Waals surface area contributed by atoms with Crippen LogP contribution in [0.15, 0.2) is 12.1 Å². The summed E-state index contributed by atoms with van der Waals surface area (Å²) in [5.41, 5.74) is 7.76. The minimum absolute atomic E-state index is 0.511. The Labute approximate surface area is 132 Å². The highest BCUT2D eigenvalue weighted by Gasteiger charge is 2.14. The van der Waals surface area contributed by atoms with Gasteiger partial charge in [0, 0.05) is 37.7 Å². The average Bonchev–Trinajstić information content (AvgIpc) is 2.73. The second-order valence-electron chi connectivity index (χ2n) is 4.83. The molecule has 1 aliphatic rings. The molecule has 0 atom stereocenters. The molecule has 1 aromatic heterocycles. The molecule has 0 spiro atoms. The number of nitrogens with two attached hydrogens (primary N) is 1. The first-order valence-corrected chi connectivity index (χ1v) is 8.47. The molecular formula is C13H16Cl2N4S. The highest BCUT2D eigenvalue weighted by Crippen LogP contribution is 2.29. The first kappa shape index (κ1) is 14.3. The molecular weight excluding hydrogens is 315 g/mol. The van der Waals surface area contributed by atoms with Gasteiger partial charge in [-0.3, -0.25) is 4.90 Å². The molecule has 0 amide bonds. The van der Waals surface area contributed by atoms with Crippen molar-refractivity contribution in [2.75, 3.05) is 36.9 Å². The first-order chi connectivity index (χ1) is 9.65. The van der Waals surface area contributed by atoms with Gasteiger partial charge < -0.3 is 10.3 Å². The van der Waals surface area contributed by atoms with Crippen LogP contribution >= 0.6 is 35.0 Å². The predicted molar refractivity (Wildman–Crippen MR) is 87.9 cm³/mol. The number of halogens is 2. The molecule has 0 saturated carbocycles. The van der Waals surface area contributed by atoms with Gasteiger partial charge in [-0.15, -0.1) is 0 Å². The van der Waals surface area contributed by atoms with Gasteiger partial charge in [-0.25, -0.2) is 4.98 Å². The molecule has 0 bridgehead atoms. The number of imidazole rings is 1. The summed E-state index contributed by atoms with van der Waals surface area (Å²) in [4.78, 5) is 6.81. The number of hydrogen-bond acceptors (Lipinski definition) is 4. The molecule has 7 heteroatoms. The van der Waals surface area contributed by atoms with E-state index in [2.05, 4.69) is 9.88 Å². The number of hydrogen-bond donors (Lipinski definition) is 1. The highest BCUT2D eigenvalue weighted by atomic mass is 35.5. The Balaban J connectivity index is 1.83. The molecule has 4 nitrogen and oxygen atoms in total. The quantitative estimate of drug-likeness (QED) is 0.939. The smallest absolute Gasteiger partial charge is 0.201 e. The lowest BCUT2D eigenvalue weighted by molar-refractivity contribution is 0.291. The third-order valence-corrected chi connectivity index (χ3v) is 5.23. The second kappa shape index (κ2) is 6.02. The van der Waals surface area contributed by atoms with E-state index in [1.807, 2.05) is 22.4 Å². The molecule has 1 saturated heterocycles. The zero-order valence-corrected chi connectivity index (χ0v) is 13.3. The number of nitrogen functional groups attached to an aromatic ring is 1. The van der Waals surface area contributed by atoms with Crippen LogP contribution in [-0.4, -0.2) is 45.6 Å². The Morgan fingerprint density at radius 2 is 1.85 bits per heavy atom. The van der Waals surface area contributed by atoms with Gasteiger partial charge in [0.2, 0.25) is 5.95 Å². The minimum Gasteiger partial charge on any atom is -0.369 e. The molecule has 0 radical (unpaired) electrons. The molecule has 0 aliphatic carbocycles. The van der Waals surface area contributed by atoms with Crippen LogP contribution in [-0.2, 0) is 6.54 Å². The first-order valence-electron chi connectivity index (χ1n) is 6.56. The van der Waals surface area contributed by atoms with Gasteiger partial charge in [-0.05, 0) is 12.1 Å². The highest BCUT2D eigenvalue weighted by molar-refractivity contribution is 7.99. The molecule has 0 unspecified atom stereocenters. The summed E-state index contributed by atoms with van der Waals surface area (Å²) in [6.07, 6.45) is 0. The van der Waals surface area contributed by atoms with Gasteiger partial charge in [0.25, 0.3) is 0 Å². The maximum Gasteiger partial charge on any atom is 0.201 e. The van der Waals surface area contributed by atoms with E-state index in [9.17, 15) is 0 Å². The number of anilines is 1. The van der Waals surface area contributed by atoms with Crippen LogP contribution in [0.2, 0.25) is 10.0 Å². The fraction of sp³-hybridized carbons (Fsp3) is 0.462. The van der Waals surface area contributed by atoms with Crippen LogP contribution in [0.5, 0.6) is 0 Å². The Bertz CT molecular complexity index is 622. The molecule has 1 fully saturated rings. The van der Waals surface area contributed by atoms with E-state index in [4.69, 9.17) is 28.9 Å². The van der Waals surface area contributed by atoms with Gasteiger partial charge in [0.1, 0.15) is 0 Å². The number of fused-ring (bicyclic) bond motifs is 1. The maximum absolute atomic E-state index is 6.09. The van der Waals surface area contributed by atoms with Crippen molar-refractivity contribution in [3.8, 4) is 0 Å². The molecule has 2 aromatic rings. The predicted octanol–water partition coefficient (Wildman–Crippen LogP) is 2.97. The number of aromatic nitrogens is 2. The van der Waals surface area contributed by atoms with Crippen LogP contribution < -0.4 is 5.73 Å². The monoisotopic (exact) mass is 330 g/mol. The molecule has 20 heavy (non-hydrogen) atoms. The lowest BCUT2D eigenvalue weighted by atomic mass is 10.3. The summed E-state index contributed by atoms with van der Waals surface area (Å²) < 4.78 is 2.01. The molecule has 2 N–H and O–H groups in total. The van der Waals surface area contributed by atoms with Crippen molar-refractivity contribution < 1.29 is 0 Å². The number of nitrogens with zero attached hydrogens (tertiary/aromatic N) is 3. The Morgan fingerprint density at radius 3 is 2.60 bits per heavy atom. The SMILES string of the molecule is Nc1nc2cc(Cl)c(Cl)cc2n1CCN1CCSCC1. The molecule has 108 valence electrons. The minimum atomic E-state index is 0.511. The third kappa shape index (κ3) is 2.86. The molecule has 1 aromatic carbocycles. The van der Waals surface area contributed by atoms with Crippen molar-refractivity contribution in [3.05, 3.63) is 22.2 Å². The van der Waals surface area contributed by atoms with Crippen molar-refractivity contribution in [1.82, 2.24) is 14.5 Å². The Kier molecular flexibility index (Phi) is 4.31. The van der Waals surface area contributed by atoms with E-state index in [1.165, 1.54) is 11.5 Å². The molecule has 1 aliphatic heterocycles. The van der Waals surface area contributed by atoms with Crippen molar-refractivity contribution in [2.24, 2.45) is 0 Å². The van der Waals surface area contributed by atoms with Crippen molar-refractivity contribution in [1.29, 1.82) is 0 Å². The fourth-order valence-electron chi connectivity index (χ4n) is 2.44. The zero-order chi connectivity index (χ0) is 14.1. The van der Waals surface area contributed by atoms with Gasteiger partial charge in [-0.1, -0.05) is 23.2 Å². The second-order valence-corrected chi connectivity index (χ2v) is 6.87. The fourth-order valence-corrected chi connectivity index (χ4v) is 3.73. The molecule has 2 heterocycles.